The topological polar surface area (TPSA) is 21.3 Å². The van der Waals surface area contributed by atoms with Gasteiger partial charge >= 0.3 is 0 Å². The van der Waals surface area contributed by atoms with Gasteiger partial charge in [-0.3, -0.25) is 0 Å². The van der Waals surface area contributed by atoms with E-state index >= 15 is 0 Å². The summed E-state index contributed by atoms with van der Waals surface area (Å²) < 4.78 is 5.28. The summed E-state index contributed by atoms with van der Waals surface area (Å²) in [7, 11) is 1.65. The van der Waals surface area contributed by atoms with Gasteiger partial charge in [0.25, 0.3) is 0 Å². The van der Waals surface area contributed by atoms with Crippen molar-refractivity contribution in [3.8, 4) is 5.75 Å². The summed E-state index contributed by atoms with van der Waals surface area (Å²) in [5.74, 6) is 0.824. The van der Waals surface area contributed by atoms with Gasteiger partial charge in [-0.1, -0.05) is 24.6 Å². The number of methoxy groups -OCH3 is 1. The number of ether oxygens (including phenoxy) is 1. The molecule has 1 aromatic carbocycles. The lowest BCUT2D eigenvalue weighted by Crippen LogP contribution is -2.19. The number of rotatable bonds is 5. The first-order chi connectivity index (χ1) is 7.22. The molecule has 0 radical (unpaired) electrons. The maximum absolute atomic E-state index is 5.96. The third kappa shape index (κ3) is 2.98. The molecule has 0 saturated heterocycles. The predicted molar refractivity (Wildman–Crippen MR) is 64.6 cm³/mol. The van der Waals surface area contributed by atoms with Crippen LogP contribution in [0, 0.1) is 0 Å². The number of hydrogen-bond donors (Lipinski definition) is 1. The van der Waals surface area contributed by atoms with Gasteiger partial charge in [-0.05, 0) is 24.7 Å². The van der Waals surface area contributed by atoms with E-state index in [0.717, 1.165) is 17.9 Å². The first-order valence-corrected chi connectivity index (χ1v) is 5.30. The largest absolute Gasteiger partial charge is 0.496 e. The van der Waals surface area contributed by atoms with Gasteiger partial charge < -0.3 is 10.1 Å². The van der Waals surface area contributed by atoms with Crippen LogP contribution in [0.25, 0.3) is 0 Å². The van der Waals surface area contributed by atoms with Crippen molar-refractivity contribution in [2.45, 2.75) is 13.0 Å². The summed E-state index contributed by atoms with van der Waals surface area (Å²) in [4.78, 5) is 0. The van der Waals surface area contributed by atoms with Crippen LogP contribution in [0.3, 0.4) is 0 Å². The molecule has 0 spiro atoms. The summed E-state index contributed by atoms with van der Waals surface area (Å²) in [6, 6.07) is 5.65. The van der Waals surface area contributed by atoms with E-state index in [1.165, 1.54) is 0 Å². The van der Waals surface area contributed by atoms with Crippen LogP contribution in [0.5, 0.6) is 5.75 Å². The number of likely N-dealkylation sites (N-methyl/N-ethyl adjacent to an activating group) is 1. The molecule has 1 rings (SSSR count). The zero-order chi connectivity index (χ0) is 11.3. The molecule has 3 heteroatoms. The standard InChI is InChI=1S/C12H16ClNO/c1-4-11(14-5-2)10-8-9(13)6-7-12(10)15-3/h4,6-8,11,14H,1,5H2,2-3H3. The lowest BCUT2D eigenvalue weighted by molar-refractivity contribution is 0.405. The molecule has 0 bridgehead atoms. The van der Waals surface area contributed by atoms with Crippen LogP contribution < -0.4 is 10.1 Å². The average Bonchev–Trinajstić information content (AvgIpc) is 2.26. The van der Waals surface area contributed by atoms with Crippen LogP contribution in [-0.4, -0.2) is 13.7 Å². The Kier molecular flexibility index (Phi) is 4.66. The molecule has 0 aliphatic carbocycles. The summed E-state index contributed by atoms with van der Waals surface area (Å²) in [5.41, 5.74) is 1.02. The first-order valence-electron chi connectivity index (χ1n) is 4.92. The maximum Gasteiger partial charge on any atom is 0.124 e. The van der Waals surface area contributed by atoms with E-state index in [9.17, 15) is 0 Å². The summed E-state index contributed by atoms with van der Waals surface area (Å²) in [6.07, 6.45) is 1.84. The van der Waals surface area contributed by atoms with E-state index < -0.39 is 0 Å². The average molecular weight is 226 g/mol. The van der Waals surface area contributed by atoms with E-state index in [1.54, 1.807) is 7.11 Å². The van der Waals surface area contributed by atoms with Crippen molar-refractivity contribution in [2.24, 2.45) is 0 Å². The van der Waals surface area contributed by atoms with Crippen molar-refractivity contribution in [1.29, 1.82) is 0 Å². The third-order valence-electron chi connectivity index (χ3n) is 2.19. The van der Waals surface area contributed by atoms with Gasteiger partial charge in [0.15, 0.2) is 0 Å². The Morgan fingerprint density at radius 1 is 1.60 bits per heavy atom. The lowest BCUT2D eigenvalue weighted by Gasteiger charge is -2.17. The van der Waals surface area contributed by atoms with E-state index in [4.69, 9.17) is 16.3 Å². The van der Waals surface area contributed by atoms with Crippen molar-refractivity contribution in [3.05, 3.63) is 41.4 Å². The molecule has 15 heavy (non-hydrogen) atoms. The van der Waals surface area contributed by atoms with Crippen LogP contribution in [-0.2, 0) is 0 Å². The van der Waals surface area contributed by atoms with Gasteiger partial charge in [0.2, 0.25) is 0 Å². The van der Waals surface area contributed by atoms with Gasteiger partial charge in [-0.15, -0.1) is 6.58 Å². The highest BCUT2D eigenvalue weighted by Crippen LogP contribution is 2.28. The Bertz CT molecular complexity index is 338. The zero-order valence-electron chi connectivity index (χ0n) is 9.09. The molecule has 0 aliphatic rings. The SMILES string of the molecule is C=CC(NCC)c1cc(Cl)ccc1OC. The van der Waals surface area contributed by atoms with Crippen molar-refractivity contribution < 1.29 is 4.74 Å². The quantitative estimate of drug-likeness (QED) is 0.778. The van der Waals surface area contributed by atoms with E-state index in [1.807, 2.05) is 31.2 Å². The Balaban J connectivity index is 3.07. The van der Waals surface area contributed by atoms with Crippen LogP contribution in [0.2, 0.25) is 5.02 Å². The normalized spacial score (nSPS) is 12.2. The Morgan fingerprint density at radius 3 is 2.87 bits per heavy atom. The molecule has 0 fully saturated rings. The molecule has 0 aromatic heterocycles. The summed E-state index contributed by atoms with van der Waals surface area (Å²) in [5, 5.41) is 4.00. The van der Waals surface area contributed by atoms with Crippen LogP contribution in [0.4, 0.5) is 0 Å². The zero-order valence-corrected chi connectivity index (χ0v) is 9.84. The van der Waals surface area contributed by atoms with Crippen molar-refractivity contribution >= 4 is 11.6 Å². The summed E-state index contributed by atoms with van der Waals surface area (Å²) >= 11 is 5.96. The van der Waals surface area contributed by atoms with Crippen LogP contribution >= 0.6 is 11.6 Å². The molecule has 1 N–H and O–H groups in total. The highest BCUT2D eigenvalue weighted by atomic mass is 35.5. The minimum absolute atomic E-state index is 0.0728. The van der Waals surface area contributed by atoms with Crippen LogP contribution in [0.15, 0.2) is 30.9 Å². The highest BCUT2D eigenvalue weighted by molar-refractivity contribution is 6.30. The molecule has 2 nitrogen and oxygen atoms in total. The predicted octanol–water partition coefficient (Wildman–Crippen LogP) is 3.19. The van der Waals surface area contributed by atoms with Crippen LogP contribution in [0.1, 0.15) is 18.5 Å². The third-order valence-corrected chi connectivity index (χ3v) is 2.42. The Hall–Kier alpha value is -0.990. The van der Waals surface area contributed by atoms with E-state index in [0.29, 0.717) is 5.02 Å². The molecular formula is C12H16ClNO. The maximum atomic E-state index is 5.96. The van der Waals surface area contributed by atoms with Gasteiger partial charge in [-0.25, -0.2) is 0 Å². The summed E-state index contributed by atoms with van der Waals surface area (Å²) in [6.45, 7) is 6.72. The number of hydrogen-bond acceptors (Lipinski definition) is 2. The minimum Gasteiger partial charge on any atom is -0.496 e. The number of halogens is 1. The van der Waals surface area contributed by atoms with Crippen molar-refractivity contribution in [2.75, 3.05) is 13.7 Å². The van der Waals surface area contributed by atoms with Crippen molar-refractivity contribution in [3.63, 3.8) is 0 Å². The second kappa shape index (κ2) is 5.79. The second-order valence-electron chi connectivity index (χ2n) is 3.16. The molecular weight excluding hydrogens is 210 g/mol. The lowest BCUT2D eigenvalue weighted by atomic mass is 10.1. The molecule has 1 aromatic rings. The fourth-order valence-corrected chi connectivity index (χ4v) is 1.67. The highest BCUT2D eigenvalue weighted by Gasteiger charge is 2.12. The van der Waals surface area contributed by atoms with Gasteiger partial charge in [0, 0.05) is 10.6 Å². The van der Waals surface area contributed by atoms with Gasteiger partial charge in [0.1, 0.15) is 5.75 Å². The van der Waals surface area contributed by atoms with E-state index in [-0.39, 0.29) is 6.04 Å². The monoisotopic (exact) mass is 225 g/mol. The van der Waals surface area contributed by atoms with Gasteiger partial charge in [0.05, 0.1) is 13.2 Å². The first kappa shape index (κ1) is 12.1. The Morgan fingerprint density at radius 2 is 2.33 bits per heavy atom. The molecule has 1 unspecified atom stereocenters. The molecule has 0 saturated carbocycles. The second-order valence-corrected chi connectivity index (χ2v) is 3.59. The fraction of sp³-hybridized carbons (Fsp3) is 0.333. The van der Waals surface area contributed by atoms with E-state index in [2.05, 4.69) is 11.9 Å². The minimum atomic E-state index is 0.0728. The smallest absolute Gasteiger partial charge is 0.124 e. The van der Waals surface area contributed by atoms with Gasteiger partial charge in [-0.2, -0.15) is 0 Å². The molecule has 0 heterocycles. The molecule has 0 amide bonds. The fourth-order valence-electron chi connectivity index (χ4n) is 1.49. The van der Waals surface area contributed by atoms with Crippen molar-refractivity contribution in [1.82, 2.24) is 5.32 Å². The Labute approximate surface area is 95.9 Å². The number of benzene rings is 1. The molecule has 1 atom stereocenters. The molecule has 82 valence electrons. The molecule has 0 aliphatic heterocycles. The number of nitrogens with one attached hydrogen (secondary N) is 1.